The average molecular weight is 309 g/mol. The maximum atomic E-state index is 12.4. The van der Waals surface area contributed by atoms with Crippen LogP contribution in [0.5, 0.6) is 0 Å². The summed E-state index contributed by atoms with van der Waals surface area (Å²) in [6.07, 6.45) is 1.46. The van der Waals surface area contributed by atoms with Gasteiger partial charge < -0.3 is 9.15 Å². The first-order valence-corrected chi connectivity index (χ1v) is 7.67. The SMILES string of the molecule is COC(=O)c1ccccc1S(=O)(=O)N[C@@H](C)c1ccco1. The maximum absolute atomic E-state index is 12.4. The van der Waals surface area contributed by atoms with Crippen molar-refractivity contribution >= 4 is 16.0 Å². The Bertz CT molecular complexity index is 722. The minimum Gasteiger partial charge on any atom is -0.468 e. The lowest BCUT2D eigenvalue weighted by molar-refractivity contribution is 0.0596. The van der Waals surface area contributed by atoms with Crippen LogP contribution in [0.2, 0.25) is 0 Å². The fraction of sp³-hybridized carbons (Fsp3) is 0.214. The van der Waals surface area contributed by atoms with Crippen LogP contribution in [0.15, 0.2) is 52.0 Å². The predicted octanol–water partition coefficient (Wildman–Crippen LogP) is 2.11. The zero-order valence-electron chi connectivity index (χ0n) is 11.6. The molecular formula is C14H15NO5S. The lowest BCUT2D eigenvalue weighted by Gasteiger charge is -2.14. The van der Waals surface area contributed by atoms with Crippen molar-refractivity contribution in [3.63, 3.8) is 0 Å². The highest BCUT2D eigenvalue weighted by molar-refractivity contribution is 7.89. The Hall–Kier alpha value is -2.12. The van der Waals surface area contributed by atoms with Crippen LogP contribution in [0.25, 0.3) is 0 Å². The Kier molecular flexibility index (Phi) is 4.44. The molecule has 1 aromatic heterocycles. The van der Waals surface area contributed by atoms with E-state index in [2.05, 4.69) is 9.46 Å². The van der Waals surface area contributed by atoms with Gasteiger partial charge in [0.15, 0.2) is 0 Å². The predicted molar refractivity (Wildman–Crippen MR) is 75.2 cm³/mol. The second-order valence-electron chi connectivity index (χ2n) is 4.35. The number of hydrogen-bond acceptors (Lipinski definition) is 5. The first-order chi connectivity index (χ1) is 9.95. The Morgan fingerprint density at radius 2 is 1.95 bits per heavy atom. The summed E-state index contributed by atoms with van der Waals surface area (Å²) >= 11 is 0. The number of sulfonamides is 1. The van der Waals surface area contributed by atoms with Crippen LogP contribution < -0.4 is 4.72 Å². The molecule has 1 heterocycles. The van der Waals surface area contributed by atoms with Gasteiger partial charge in [0, 0.05) is 0 Å². The molecule has 0 fully saturated rings. The van der Waals surface area contributed by atoms with E-state index in [0.717, 1.165) is 0 Å². The lowest BCUT2D eigenvalue weighted by Crippen LogP contribution is -2.28. The van der Waals surface area contributed by atoms with Gasteiger partial charge in [0.25, 0.3) is 0 Å². The minimum atomic E-state index is -3.88. The Morgan fingerprint density at radius 1 is 1.24 bits per heavy atom. The van der Waals surface area contributed by atoms with Crippen molar-refractivity contribution in [3.8, 4) is 0 Å². The summed E-state index contributed by atoms with van der Waals surface area (Å²) in [7, 11) is -2.68. The molecule has 1 N–H and O–H groups in total. The van der Waals surface area contributed by atoms with Gasteiger partial charge in [0.05, 0.1) is 29.9 Å². The molecule has 0 radical (unpaired) electrons. The van der Waals surface area contributed by atoms with Gasteiger partial charge in [-0.15, -0.1) is 0 Å². The van der Waals surface area contributed by atoms with Crippen molar-refractivity contribution in [1.82, 2.24) is 4.72 Å². The molecule has 0 spiro atoms. The zero-order valence-corrected chi connectivity index (χ0v) is 12.4. The van der Waals surface area contributed by atoms with E-state index in [9.17, 15) is 13.2 Å². The maximum Gasteiger partial charge on any atom is 0.339 e. The van der Waals surface area contributed by atoms with Crippen LogP contribution in [0.3, 0.4) is 0 Å². The van der Waals surface area contributed by atoms with E-state index < -0.39 is 22.0 Å². The molecule has 0 saturated carbocycles. The van der Waals surface area contributed by atoms with Gasteiger partial charge in [0.2, 0.25) is 10.0 Å². The molecule has 0 unspecified atom stereocenters. The summed E-state index contributed by atoms with van der Waals surface area (Å²) in [4.78, 5) is 11.5. The zero-order chi connectivity index (χ0) is 15.5. The summed E-state index contributed by atoms with van der Waals surface area (Å²) in [5.74, 6) is -0.226. The van der Waals surface area contributed by atoms with Crippen LogP contribution in [-0.2, 0) is 14.8 Å². The number of rotatable bonds is 5. The third kappa shape index (κ3) is 3.32. The largest absolute Gasteiger partial charge is 0.468 e. The first-order valence-electron chi connectivity index (χ1n) is 6.19. The molecule has 7 heteroatoms. The number of furan rings is 1. The number of esters is 1. The van der Waals surface area contributed by atoms with Crippen molar-refractivity contribution in [1.29, 1.82) is 0 Å². The number of methoxy groups -OCH3 is 1. The quantitative estimate of drug-likeness (QED) is 0.855. The van der Waals surface area contributed by atoms with Gasteiger partial charge in [-0.05, 0) is 31.2 Å². The van der Waals surface area contributed by atoms with E-state index in [1.165, 1.54) is 25.5 Å². The van der Waals surface area contributed by atoms with E-state index >= 15 is 0 Å². The number of hydrogen-bond donors (Lipinski definition) is 1. The second-order valence-corrected chi connectivity index (χ2v) is 6.03. The summed E-state index contributed by atoms with van der Waals surface area (Å²) in [6, 6.07) is 8.64. The molecule has 0 aliphatic heterocycles. The number of carbonyl (C=O) groups excluding carboxylic acids is 1. The van der Waals surface area contributed by atoms with Crippen LogP contribution in [0, 0.1) is 0 Å². The number of benzene rings is 1. The molecule has 112 valence electrons. The molecule has 0 aliphatic rings. The topological polar surface area (TPSA) is 85.6 Å². The standard InChI is InChI=1S/C14H15NO5S/c1-10(12-7-5-9-20-12)15-21(17,18)13-8-4-3-6-11(13)14(16)19-2/h3-10,15H,1-2H3/t10-/m0/s1. The molecule has 2 rings (SSSR count). The van der Waals surface area contributed by atoms with Crippen LogP contribution >= 0.6 is 0 Å². The fourth-order valence-corrected chi connectivity index (χ4v) is 3.28. The van der Waals surface area contributed by atoms with Gasteiger partial charge >= 0.3 is 5.97 Å². The summed E-state index contributed by atoms with van der Waals surface area (Å²) < 4.78 is 37.1. The molecule has 0 aliphatic carbocycles. The van der Waals surface area contributed by atoms with Gasteiger partial charge in [-0.1, -0.05) is 12.1 Å². The number of carbonyl (C=O) groups is 1. The highest BCUT2D eigenvalue weighted by Gasteiger charge is 2.25. The summed E-state index contributed by atoms with van der Waals surface area (Å²) in [5, 5.41) is 0. The van der Waals surface area contributed by atoms with Gasteiger partial charge in [-0.2, -0.15) is 0 Å². The average Bonchev–Trinajstić information content (AvgIpc) is 3.00. The minimum absolute atomic E-state index is 0.0147. The van der Waals surface area contributed by atoms with E-state index in [1.54, 1.807) is 31.2 Å². The van der Waals surface area contributed by atoms with Crippen LogP contribution in [-0.4, -0.2) is 21.5 Å². The summed E-state index contributed by atoms with van der Waals surface area (Å²) in [5.41, 5.74) is -0.0147. The number of nitrogens with one attached hydrogen (secondary N) is 1. The van der Waals surface area contributed by atoms with Crippen molar-refractivity contribution in [2.24, 2.45) is 0 Å². The van der Waals surface area contributed by atoms with Crippen molar-refractivity contribution < 1.29 is 22.4 Å². The second kappa shape index (κ2) is 6.11. The van der Waals surface area contributed by atoms with E-state index in [-0.39, 0.29) is 10.5 Å². The smallest absolute Gasteiger partial charge is 0.339 e. The van der Waals surface area contributed by atoms with Gasteiger partial charge in [-0.3, -0.25) is 0 Å². The lowest BCUT2D eigenvalue weighted by atomic mass is 10.2. The molecule has 1 aromatic carbocycles. The Balaban J connectivity index is 2.34. The number of ether oxygens (including phenoxy) is 1. The van der Waals surface area contributed by atoms with Crippen molar-refractivity contribution in [3.05, 3.63) is 54.0 Å². The fourth-order valence-electron chi connectivity index (χ4n) is 1.87. The van der Waals surface area contributed by atoms with Gasteiger partial charge in [-0.25, -0.2) is 17.9 Å². The monoisotopic (exact) mass is 309 g/mol. The van der Waals surface area contributed by atoms with E-state index in [0.29, 0.717) is 5.76 Å². The van der Waals surface area contributed by atoms with Crippen LogP contribution in [0.4, 0.5) is 0 Å². The third-order valence-electron chi connectivity index (χ3n) is 2.88. The normalized spacial score (nSPS) is 12.9. The van der Waals surface area contributed by atoms with E-state index in [1.807, 2.05) is 0 Å². The van der Waals surface area contributed by atoms with E-state index in [4.69, 9.17) is 4.42 Å². The third-order valence-corrected chi connectivity index (χ3v) is 4.48. The van der Waals surface area contributed by atoms with Crippen molar-refractivity contribution in [2.45, 2.75) is 17.9 Å². The first kappa shape index (κ1) is 15.3. The Labute approximate surface area is 122 Å². The van der Waals surface area contributed by atoms with Crippen LogP contribution in [0.1, 0.15) is 29.1 Å². The molecule has 2 aromatic rings. The molecule has 0 amide bonds. The Morgan fingerprint density at radius 3 is 2.57 bits per heavy atom. The van der Waals surface area contributed by atoms with Gasteiger partial charge in [0.1, 0.15) is 5.76 Å². The molecule has 6 nitrogen and oxygen atoms in total. The summed E-state index contributed by atoms with van der Waals surface area (Å²) in [6.45, 7) is 1.65. The van der Waals surface area contributed by atoms with Crippen molar-refractivity contribution in [2.75, 3.05) is 7.11 Å². The highest BCUT2D eigenvalue weighted by Crippen LogP contribution is 2.20. The molecular weight excluding hydrogens is 294 g/mol. The molecule has 0 bridgehead atoms. The highest BCUT2D eigenvalue weighted by atomic mass is 32.2. The molecule has 21 heavy (non-hydrogen) atoms. The molecule has 0 saturated heterocycles. The molecule has 1 atom stereocenters.